The number of benzene rings is 1. The fraction of sp³-hybridized carbons (Fsp3) is 0.300. The van der Waals surface area contributed by atoms with Crippen LogP contribution < -0.4 is 16.8 Å². The molecule has 4 nitrogen and oxygen atoms in total. The van der Waals surface area contributed by atoms with Crippen molar-refractivity contribution in [1.82, 2.24) is 5.32 Å². The van der Waals surface area contributed by atoms with Gasteiger partial charge in [-0.1, -0.05) is 29.3 Å². The Morgan fingerprint density at radius 3 is 2.38 bits per heavy atom. The van der Waals surface area contributed by atoms with Gasteiger partial charge in [0, 0.05) is 15.6 Å². The number of aliphatic imine (C=N–C) groups is 1. The van der Waals surface area contributed by atoms with Crippen LogP contribution in [0.2, 0.25) is 10.0 Å². The minimum Gasteiger partial charge on any atom is -0.370 e. The third kappa shape index (κ3) is 3.27. The zero-order valence-corrected chi connectivity index (χ0v) is 10.4. The Morgan fingerprint density at radius 1 is 1.38 bits per heavy atom. The Bertz CT molecular complexity index is 368. The molecule has 0 heterocycles. The molecule has 0 aliphatic heterocycles. The minimum absolute atomic E-state index is 0.0448. The van der Waals surface area contributed by atoms with Gasteiger partial charge in [0.2, 0.25) is 0 Å². The zero-order chi connectivity index (χ0) is 12.1. The summed E-state index contributed by atoms with van der Waals surface area (Å²) in [6.45, 7) is 0.391. The van der Waals surface area contributed by atoms with Crippen molar-refractivity contribution in [3.05, 3.63) is 33.8 Å². The van der Waals surface area contributed by atoms with Gasteiger partial charge in [-0.15, -0.1) is 0 Å². The van der Waals surface area contributed by atoms with Crippen molar-refractivity contribution in [3.63, 3.8) is 0 Å². The summed E-state index contributed by atoms with van der Waals surface area (Å²) >= 11 is 12.2. The molecule has 0 radical (unpaired) electrons. The average Bonchev–Trinajstić information content (AvgIpc) is 2.22. The first kappa shape index (κ1) is 13.1. The molecule has 0 bridgehead atoms. The molecule has 16 heavy (non-hydrogen) atoms. The van der Waals surface area contributed by atoms with Gasteiger partial charge in [-0.2, -0.15) is 0 Å². The predicted octanol–water partition coefficient (Wildman–Crippen LogP) is 1.53. The van der Waals surface area contributed by atoms with Gasteiger partial charge in [0.05, 0.1) is 12.6 Å². The fourth-order valence-electron chi connectivity index (χ4n) is 1.37. The van der Waals surface area contributed by atoms with Gasteiger partial charge in [-0.25, -0.2) is 0 Å². The third-order valence-electron chi connectivity index (χ3n) is 2.15. The summed E-state index contributed by atoms with van der Waals surface area (Å²) in [5.41, 5.74) is 11.4. The Hall–Kier alpha value is -0.970. The van der Waals surface area contributed by atoms with E-state index in [2.05, 4.69) is 10.3 Å². The van der Waals surface area contributed by atoms with E-state index < -0.39 is 0 Å². The van der Waals surface area contributed by atoms with Gasteiger partial charge in [0.15, 0.2) is 5.96 Å². The molecule has 0 saturated carbocycles. The van der Waals surface area contributed by atoms with E-state index in [4.69, 9.17) is 34.7 Å². The summed E-state index contributed by atoms with van der Waals surface area (Å²) in [7, 11) is 1.80. The Balaban J connectivity index is 2.99. The van der Waals surface area contributed by atoms with Crippen LogP contribution in [0.3, 0.4) is 0 Å². The van der Waals surface area contributed by atoms with Gasteiger partial charge >= 0.3 is 0 Å². The molecule has 0 fully saturated rings. The summed E-state index contributed by atoms with van der Waals surface area (Å²) in [6, 6.07) is 5.25. The van der Waals surface area contributed by atoms with Crippen LogP contribution in [-0.4, -0.2) is 19.6 Å². The SMILES string of the molecule is CNC(CN=C(N)N)c1c(Cl)cccc1Cl. The number of nitrogens with one attached hydrogen (secondary N) is 1. The maximum atomic E-state index is 6.08. The molecule has 0 spiro atoms. The molecule has 5 N–H and O–H groups in total. The van der Waals surface area contributed by atoms with Crippen molar-refractivity contribution in [1.29, 1.82) is 0 Å². The highest BCUT2D eigenvalue weighted by Gasteiger charge is 2.15. The molecule has 0 aliphatic carbocycles. The van der Waals surface area contributed by atoms with E-state index in [-0.39, 0.29) is 12.0 Å². The van der Waals surface area contributed by atoms with Crippen molar-refractivity contribution in [2.24, 2.45) is 16.5 Å². The number of rotatable bonds is 4. The lowest BCUT2D eigenvalue weighted by atomic mass is 10.1. The van der Waals surface area contributed by atoms with E-state index in [9.17, 15) is 0 Å². The molecule has 1 aromatic rings. The second-order valence-electron chi connectivity index (χ2n) is 3.24. The largest absolute Gasteiger partial charge is 0.370 e. The van der Waals surface area contributed by atoms with E-state index in [1.165, 1.54) is 0 Å². The second-order valence-corrected chi connectivity index (χ2v) is 4.06. The van der Waals surface area contributed by atoms with E-state index in [1.807, 2.05) is 0 Å². The van der Waals surface area contributed by atoms with Crippen LogP contribution in [0.15, 0.2) is 23.2 Å². The summed E-state index contributed by atoms with van der Waals surface area (Å²) in [5.74, 6) is 0.0448. The number of nitrogens with two attached hydrogens (primary N) is 2. The van der Waals surface area contributed by atoms with E-state index in [0.29, 0.717) is 16.6 Å². The van der Waals surface area contributed by atoms with Gasteiger partial charge in [0.25, 0.3) is 0 Å². The molecule has 1 unspecified atom stereocenters. The quantitative estimate of drug-likeness (QED) is 0.568. The maximum Gasteiger partial charge on any atom is 0.185 e. The van der Waals surface area contributed by atoms with Crippen molar-refractivity contribution >= 4 is 29.2 Å². The van der Waals surface area contributed by atoms with Crippen molar-refractivity contribution < 1.29 is 0 Å². The van der Waals surface area contributed by atoms with Crippen molar-refractivity contribution in [3.8, 4) is 0 Å². The number of hydrogen-bond acceptors (Lipinski definition) is 2. The summed E-state index contributed by atoms with van der Waals surface area (Å²) in [6.07, 6.45) is 0. The van der Waals surface area contributed by atoms with E-state index >= 15 is 0 Å². The summed E-state index contributed by atoms with van der Waals surface area (Å²) < 4.78 is 0. The van der Waals surface area contributed by atoms with Crippen LogP contribution in [0.25, 0.3) is 0 Å². The van der Waals surface area contributed by atoms with Gasteiger partial charge in [-0.3, -0.25) is 4.99 Å². The zero-order valence-electron chi connectivity index (χ0n) is 8.87. The van der Waals surface area contributed by atoms with Crippen molar-refractivity contribution in [2.75, 3.05) is 13.6 Å². The second kappa shape index (κ2) is 5.94. The van der Waals surface area contributed by atoms with Crippen molar-refractivity contribution in [2.45, 2.75) is 6.04 Å². The van der Waals surface area contributed by atoms with Crippen LogP contribution in [-0.2, 0) is 0 Å². The number of likely N-dealkylation sites (N-methyl/N-ethyl adjacent to an activating group) is 1. The Morgan fingerprint density at radius 2 is 1.94 bits per heavy atom. The Labute approximate surface area is 105 Å². The summed E-state index contributed by atoms with van der Waals surface area (Å²) in [5, 5.41) is 4.26. The molecular weight excluding hydrogens is 247 g/mol. The highest BCUT2D eigenvalue weighted by molar-refractivity contribution is 6.36. The number of hydrogen-bond donors (Lipinski definition) is 3. The molecule has 0 amide bonds. The molecule has 0 aliphatic rings. The Kier molecular flexibility index (Phi) is 4.86. The summed E-state index contributed by atoms with van der Waals surface area (Å²) in [4.78, 5) is 3.95. The molecular formula is C10H14Cl2N4. The number of nitrogens with zero attached hydrogens (tertiary/aromatic N) is 1. The van der Waals surface area contributed by atoms with Crippen LogP contribution >= 0.6 is 23.2 Å². The van der Waals surface area contributed by atoms with Crippen LogP contribution in [0.5, 0.6) is 0 Å². The van der Waals surface area contributed by atoms with Crippen LogP contribution in [0.4, 0.5) is 0 Å². The van der Waals surface area contributed by atoms with Gasteiger partial charge < -0.3 is 16.8 Å². The van der Waals surface area contributed by atoms with E-state index in [1.54, 1.807) is 25.2 Å². The fourth-order valence-corrected chi connectivity index (χ4v) is 2.03. The third-order valence-corrected chi connectivity index (χ3v) is 2.81. The highest BCUT2D eigenvalue weighted by Crippen LogP contribution is 2.30. The maximum absolute atomic E-state index is 6.08. The minimum atomic E-state index is -0.108. The predicted molar refractivity (Wildman–Crippen MR) is 68.9 cm³/mol. The smallest absolute Gasteiger partial charge is 0.185 e. The van der Waals surface area contributed by atoms with Gasteiger partial charge in [-0.05, 0) is 19.2 Å². The molecule has 1 aromatic carbocycles. The molecule has 88 valence electrons. The molecule has 0 aromatic heterocycles. The van der Waals surface area contributed by atoms with Crippen LogP contribution in [0, 0.1) is 0 Å². The molecule has 1 rings (SSSR count). The first-order valence-electron chi connectivity index (χ1n) is 4.72. The number of halogens is 2. The average molecular weight is 261 g/mol. The lowest BCUT2D eigenvalue weighted by molar-refractivity contribution is 0.606. The van der Waals surface area contributed by atoms with Crippen LogP contribution in [0.1, 0.15) is 11.6 Å². The first-order chi connectivity index (χ1) is 7.56. The highest BCUT2D eigenvalue weighted by atomic mass is 35.5. The molecule has 1 atom stereocenters. The molecule has 6 heteroatoms. The standard InChI is InChI=1S/C10H14Cl2N4/c1-15-8(5-16-10(13)14)9-6(11)3-2-4-7(9)12/h2-4,8,15H,5H2,1H3,(H4,13,14,16). The normalized spacial score (nSPS) is 12.2. The monoisotopic (exact) mass is 260 g/mol. The number of guanidine groups is 1. The lowest BCUT2D eigenvalue weighted by Crippen LogP contribution is -2.26. The molecule has 0 saturated heterocycles. The van der Waals surface area contributed by atoms with Gasteiger partial charge in [0.1, 0.15) is 0 Å². The lowest BCUT2D eigenvalue weighted by Gasteiger charge is -2.17. The first-order valence-corrected chi connectivity index (χ1v) is 5.48. The topological polar surface area (TPSA) is 76.4 Å². The van der Waals surface area contributed by atoms with E-state index in [0.717, 1.165) is 5.56 Å².